The Hall–Kier alpha value is -3.73. The number of hydrogen-bond acceptors (Lipinski definition) is 4. The topological polar surface area (TPSA) is 72.5 Å². The van der Waals surface area contributed by atoms with Gasteiger partial charge in [-0.15, -0.1) is 0 Å². The van der Waals surface area contributed by atoms with Crippen LogP contribution in [0.3, 0.4) is 0 Å². The van der Waals surface area contributed by atoms with Crippen molar-refractivity contribution in [3.05, 3.63) is 100 Å². The summed E-state index contributed by atoms with van der Waals surface area (Å²) in [6.07, 6.45) is -1.23. The van der Waals surface area contributed by atoms with E-state index in [2.05, 4.69) is 5.32 Å². The van der Waals surface area contributed by atoms with Crippen LogP contribution in [0.4, 0.5) is 5.69 Å². The number of benzene rings is 3. The lowest BCUT2D eigenvalue weighted by Crippen LogP contribution is -2.21. The summed E-state index contributed by atoms with van der Waals surface area (Å²) in [4.78, 5) is 38.2. The van der Waals surface area contributed by atoms with Crippen LogP contribution >= 0.6 is 0 Å². The first-order chi connectivity index (χ1) is 15.7. The number of carbonyl (C=O) groups excluding carboxylic acids is 3. The minimum absolute atomic E-state index is 0.0362. The summed E-state index contributed by atoms with van der Waals surface area (Å²) >= 11 is 0. The molecule has 0 bridgehead atoms. The molecule has 5 nitrogen and oxygen atoms in total. The molecule has 3 aromatic carbocycles. The highest BCUT2D eigenvalue weighted by Gasteiger charge is 2.26. The molecule has 170 valence electrons. The number of aryl methyl sites for hydroxylation is 4. The Bertz CT molecular complexity index is 1170. The maximum absolute atomic E-state index is 13.2. The van der Waals surface area contributed by atoms with Gasteiger partial charge in [0.25, 0.3) is 0 Å². The van der Waals surface area contributed by atoms with Crippen LogP contribution in [0.2, 0.25) is 0 Å². The third kappa shape index (κ3) is 6.39. The van der Waals surface area contributed by atoms with Crippen molar-refractivity contribution in [2.45, 2.75) is 46.6 Å². The Morgan fingerprint density at radius 3 is 2.18 bits per heavy atom. The van der Waals surface area contributed by atoms with E-state index in [1.165, 1.54) is 0 Å². The van der Waals surface area contributed by atoms with Crippen molar-refractivity contribution in [3.63, 3.8) is 0 Å². The van der Waals surface area contributed by atoms with Crippen LogP contribution in [-0.2, 0) is 14.3 Å². The van der Waals surface area contributed by atoms with Crippen LogP contribution in [0.1, 0.15) is 57.1 Å². The molecule has 0 saturated carbocycles. The highest BCUT2D eigenvalue weighted by atomic mass is 16.5. The van der Waals surface area contributed by atoms with Gasteiger partial charge in [0.2, 0.25) is 11.7 Å². The van der Waals surface area contributed by atoms with Gasteiger partial charge in [-0.3, -0.25) is 14.4 Å². The number of carbonyl (C=O) groups is 3. The Kier molecular flexibility index (Phi) is 7.78. The van der Waals surface area contributed by atoms with Gasteiger partial charge in [-0.2, -0.15) is 0 Å². The zero-order valence-electron chi connectivity index (χ0n) is 19.5. The highest BCUT2D eigenvalue weighted by Crippen LogP contribution is 2.25. The zero-order chi connectivity index (χ0) is 24.0. The normalized spacial score (nSPS) is 11.5. The molecular formula is C28H29NO4. The quantitative estimate of drug-likeness (QED) is 0.352. The largest absolute Gasteiger partial charge is 0.449 e. The van der Waals surface area contributed by atoms with Gasteiger partial charge in [0, 0.05) is 23.2 Å². The number of ether oxygens (including phenoxy) is 1. The lowest BCUT2D eigenvalue weighted by atomic mass is 9.97. The number of hydrogen-bond donors (Lipinski definition) is 1. The van der Waals surface area contributed by atoms with Crippen molar-refractivity contribution in [1.82, 2.24) is 0 Å². The summed E-state index contributed by atoms with van der Waals surface area (Å²) < 4.78 is 5.59. The monoisotopic (exact) mass is 443 g/mol. The zero-order valence-corrected chi connectivity index (χ0v) is 19.5. The molecule has 0 aliphatic heterocycles. The van der Waals surface area contributed by atoms with Gasteiger partial charge in [-0.05, 0) is 56.5 Å². The van der Waals surface area contributed by atoms with Crippen molar-refractivity contribution < 1.29 is 19.1 Å². The fourth-order valence-electron chi connectivity index (χ4n) is 3.52. The SMILES string of the molecule is Cc1ccc(NC(=O)CCC(=O)O[C@H](C(=O)c2ccc(C)c(C)c2)c2ccccc2)c(C)c1. The number of amides is 1. The second-order valence-corrected chi connectivity index (χ2v) is 8.31. The Morgan fingerprint density at radius 2 is 1.52 bits per heavy atom. The van der Waals surface area contributed by atoms with E-state index in [0.29, 0.717) is 16.8 Å². The lowest BCUT2D eigenvalue weighted by Gasteiger charge is -2.18. The molecule has 0 unspecified atom stereocenters. The summed E-state index contributed by atoms with van der Waals surface area (Å²) in [6.45, 7) is 7.81. The van der Waals surface area contributed by atoms with Gasteiger partial charge in [-0.25, -0.2) is 0 Å². The van der Waals surface area contributed by atoms with Crippen molar-refractivity contribution in [1.29, 1.82) is 0 Å². The Morgan fingerprint density at radius 1 is 0.788 bits per heavy atom. The molecule has 0 fully saturated rings. The van der Waals surface area contributed by atoms with Gasteiger partial charge in [0.05, 0.1) is 6.42 Å². The van der Waals surface area contributed by atoms with Gasteiger partial charge in [-0.1, -0.05) is 60.2 Å². The molecule has 0 spiro atoms. The summed E-state index contributed by atoms with van der Waals surface area (Å²) in [5.41, 5.74) is 5.91. The molecule has 0 aromatic heterocycles. The number of esters is 1. The molecule has 0 radical (unpaired) electrons. The van der Waals surface area contributed by atoms with Crippen LogP contribution in [0, 0.1) is 27.7 Å². The van der Waals surface area contributed by atoms with Crippen LogP contribution in [0.25, 0.3) is 0 Å². The van der Waals surface area contributed by atoms with Crippen molar-refractivity contribution in [3.8, 4) is 0 Å². The maximum atomic E-state index is 13.2. The molecule has 0 aliphatic rings. The van der Waals surface area contributed by atoms with Gasteiger partial charge < -0.3 is 10.1 Å². The number of rotatable bonds is 8. The Balaban J connectivity index is 1.68. The van der Waals surface area contributed by atoms with Crippen LogP contribution in [0.5, 0.6) is 0 Å². The third-order valence-corrected chi connectivity index (χ3v) is 5.59. The third-order valence-electron chi connectivity index (χ3n) is 5.59. The van der Waals surface area contributed by atoms with Gasteiger partial charge in [0.1, 0.15) is 0 Å². The molecule has 0 aliphatic carbocycles. The molecule has 0 heterocycles. The van der Waals surface area contributed by atoms with Crippen LogP contribution in [0.15, 0.2) is 66.7 Å². The maximum Gasteiger partial charge on any atom is 0.307 e. The summed E-state index contributed by atoms with van der Waals surface area (Å²) in [5, 5.41) is 2.82. The van der Waals surface area contributed by atoms with Gasteiger partial charge >= 0.3 is 5.97 Å². The molecule has 1 amide bonds. The molecular weight excluding hydrogens is 414 g/mol. The Labute approximate surface area is 194 Å². The van der Waals surface area contributed by atoms with Gasteiger partial charge in [0.15, 0.2) is 6.10 Å². The summed E-state index contributed by atoms with van der Waals surface area (Å²) in [7, 11) is 0. The molecule has 1 N–H and O–H groups in total. The minimum atomic E-state index is -1.07. The minimum Gasteiger partial charge on any atom is -0.449 e. The highest BCUT2D eigenvalue weighted by molar-refractivity contribution is 6.01. The molecule has 33 heavy (non-hydrogen) atoms. The van der Waals surface area contributed by atoms with E-state index in [1.807, 2.05) is 58.0 Å². The number of Topliss-reactive ketones (excluding diaryl/α,β-unsaturated/α-hetero) is 1. The second-order valence-electron chi connectivity index (χ2n) is 8.31. The average molecular weight is 444 g/mol. The fourth-order valence-corrected chi connectivity index (χ4v) is 3.52. The van der Waals surface area contributed by atoms with Crippen molar-refractivity contribution >= 4 is 23.3 Å². The van der Waals surface area contributed by atoms with Crippen molar-refractivity contribution in [2.75, 3.05) is 5.32 Å². The summed E-state index contributed by atoms with van der Waals surface area (Å²) in [5.74, 6) is -1.18. The molecule has 3 aromatic rings. The van der Waals surface area contributed by atoms with E-state index >= 15 is 0 Å². The van der Waals surface area contributed by atoms with E-state index in [1.54, 1.807) is 36.4 Å². The van der Waals surface area contributed by atoms with Crippen LogP contribution < -0.4 is 5.32 Å². The average Bonchev–Trinajstić information content (AvgIpc) is 2.80. The first kappa shape index (κ1) is 23.9. The second kappa shape index (κ2) is 10.7. The molecule has 3 rings (SSSR count). The predicted octanol–water partition coefficient (Wildman–Crippen LogP) is 5.81. The molecule has 5 heteroatoms. The van der Waals surface area contributed by atoms with Crippen LogP contribution in [-0.4, -0.2) is 17.7 Å². The number of ketones is 1. The standard InChI is InChI=1S/C28H29NO4/c1-18-10-13-24(21(4)16-18)29-25(30)14-15-26(31)33-28(22-8-6-5-7-9-22)27(32)23-12-11-19(2)20(3)17-23/h5-13,16-17,28H,14-15H2,1-4H3,(H,29,30)/t28-/m0/s1. The first-order valence-corrected chi connectivity index (χ1v) is 11.0. The molecule has 0 saturated heterocycles. The lowest BCUT2D eigenvalue weighted by molar-refractivity contribution is -0.148. The predicted molar refractivity (Wildman–Crippen MR) is 129 cm³/mol. The summed E-state index contributed by atoms with van der Waals surface area (Å²) in [6, 6.07) is 20.1. The van der Waals surface area contributed by atoms with E-state index < -0.39 is 12.1 Å². The van der Waals surface area contributed by atoms with E-state index in [-0.39, 0.29) is 24.5 Å². The first-order valence-electron chi connectivity index (χ1n) is 11.0. The number of anilines is 1. The van der Waals surface area contributed by atoms with E-state index in [9.17, 15) is 14.4 Å². The number of nitrogens with one attached hydrogen (secondary N) is 1. The van der Waals surface area contributed by atoms with Crippen molar-refractivity contribution in [2.24, 2.45) is 0 Å². The fraction of sp³-hybridized carbons (Fsp3) is 0.250. The van der Waals surface area contributed by atoms with E-state index in [4.69, 9.17) is 4.74 Å². The smallest absolute Gasteiger partial charge is 0.307 e. The molecule has 1 atom stereocenters. The van der Waals surface area contributed by atoms with E-state index in [0.717, 1.165) is 22.3 Å².